The van der Waals surface area contributed by atoms with Gasteiger partial charge in [0.15, 0.2) is 0 Å². The molecule has 1 aromatic heterocycles. The van der Waals surface area contributed by atoms with E-state index in [1.54, 1.807) is 11.8 Å². The lowest BCUT2D eigenvalue weighted by Gasteiger charge is -1.78. The van der Waals surface area contributed by atoms with Gasteiger partial charge in [-0.05, 0) is 12.3 Å². The number of aromatic amines is 1. The molecule has 2 heteroatoms. The van der Waals surface area contributed by atoms with Crippen molar-refractivity contribution in [1.29, 1.82) is 0 Å². The molecule has 0 atom stereocenters. The second-order valence-corrected chi connectivity index (χ2v) is 2.13. The second-order valence-electron chi connectivity index (χ2n) is 1.25. The van der Waals surface area contributed by atoms with Crippen molar-refractivity contribution in [3.8, 4) is 0 Å². The Morgan fingerprint density at radius 1 is 1.71 bits per heavy atom. The van der Waals surface area contributed by atoms with E-state index in [-0.39, 0.29) is 0 Å². The van der Waals surface area contributed by atoms with Crippen LogP contribution >= 0.6 is 11.8 Å². The third-order valence-electron chi connectivity index (χ3n) is 0.805. The highest BCUT2D eigenvalue weighted by Gasteiger charge is 1.81. The lowest BCUT2D eigenvalue weighted by atomic mass is 10.7. The molecule has 0 saturated heterocycles. The van der Waals surface area contributed by atoms with Crippen LogP contribution in [0.25, 0.3) is 0 Å². The Balaban J connectivity index is 2.76. The van der Waals surface area contributed by atoms with Crippen LogP contribution in [0.15, 0.2) is 23.4 Å². The zero-order chi connectivity index (χ0) is 5.11. The molecule has 1 heterocycles. The van der Waals surface area contributed by atoms with Crippen LogP contribution in [0.3, 0.4) is 0 Å². The van der Waals surface area contributed by atoms with Gasteiger partial charge in [0.1, 0.15) is 0 Å². The summed E-state index contributed by atoms with van der Waals surface area (Å²) in [6.07, 6.45) is 5.96. The van der Waals surface area contributed by atoms with Crippen molar-refractivity contribution in [3.63, 3.8) is 0 Å². The van der Waals surface area contributed by atoms with Gasteiger partial charge in [0.25, 0.3) is 0 Å². The number of aromatic nitrogens is 1. The summed E-state index contributed by atoms with van der Waals surface area (Å²) in [6.45, 7) is 0. The minimum absolute atomic E-state index is 1.29. The van der Waals surface area contributed by atoms with Gasteiger partial charge in [-0.15, -0.1) is 11.8 Å². The molecule has 1 aromatic rings. The fourth-order valence-corrected chi connectivity index (χ4v) is 0.826. The van der Waals surface area contributed by atoms with E-state index in [4.69, 9.17) is 0 Å². The van der Waals surface area contributed by atoms with Gasteiger partial charge in [-0.25, -0.2) is 0 Å². The molecule has 0 saturated carbocycles. The molecule has 0 radical (unpaired) electrons. The first-order valence-electron chi connectivity index (χ1n) is 2.10. The first kappa shape index (κ1) is 4.78. The largest absolute Gasteiger partial charge is 0.367 e. The van der Waals surface area contributed by atoms with E-state index in [0.717, 1.165) is 0 Å². The van der Waals surface area contributed by atoms with Crippen LogP contribution < -0.4 is 0 Å². The highest BCUT2D eigenvalue weighted by atomic mass is 32.2. The van der Waals surface area contributed by atoms with Gasteiger partial charge in [-0.2, -0.15) is 0 Å². The average Bonchev–Trinajstić information content (AvgIpc) is 2.14. The number of nitrogens with one attached hydrogen (secondary N) is 1. The van der Waals surface area contributed by atoms with Gasteiger partial charge < -0.3 is 4.98 Å². The van der Waals surface area contributed by atoms with Crippen molar-refractivity contribution < 1.29 is 0 Å². The van der Waals surface area contributed by atoms with Crippen molar-refractivity contribution in [2.45, 2.75) is 4.90 Å². The molecule has 0 unspecified atom stereocenters. The molecule has 0 aromatic carbocycles. The normalized spacial score (nSPS) is 9.29. The fraction of sp³-hybridized carbons (Fsp3) is 0.200. The molecular weight excluding hydrogens is 106 g/mol. The number of rotatable bonds is 1. The molecule has 1 rings (SSSR count). The molecule has 0 aliphatic heterocycles. The molecule has 38 valence electrons. The maximum absolute atomic E-state index is 2.96. The van der Waals surface area contributed by atoms with Crippen molar-refractivity contribution in [1.82, 2.24) is 4.98 Å². The van der Waals surface area contributed by atoms with Gasteiger partial charge >= 0.3 is 0 Å². The van der Waals surface area contributed by atoms with E-state index in [0.29, 0.717) is 0 Å². The quantitative estimate of drug-likeness (QED) is 0.548. The van der Waals surface area contributed by atoms with Crippen molar-refractivity contribution in [3.05, 3.63) is 18.5 Å². The average molecular weight is 113 g/mol. The molecule has 0 aliphatic rings. The molecular formula is C5H7NS. The summed E-state index contributed by atoms with van der Waals surface area (Å²) in [5, 5.41) is 0. The number of hydrogen-bond donors (Lipinski definition) is 1. The summed E-state index contributed by atoms with van der Waals surface area (Å²) >= 11 is 1.74. The predicted octanol–water partition coefficient (Wildman–Crippen LogP) is 1.74. The third-order valence-corrected chi connectivity index (χ3v) is 1.53. The summed E-state index contributed by atoms with van der Waals surface area (Å²) in [5.74, 6) is 0. The maximum Gasteiger partial charge on any atom is 0.0244 e. The highest BCUT2D eigenvalue weighted by molar-refractivity contribution is 7.98. The van der Waals surface area contributed by atoms with Crippen LogP contribution in [0.5, 0.6) is 0 Å². The monoisotopic (exact) mass is 113 g/mol. The molecule has 1 nitrogen and oxygen atoms in total. The topological polar surface area (TPSA) is 15.8 Å². The third kappa shape index (κ3) is 0.996. The number of thioether (sulfide) groups is 1. The first-order valence-corrected chi connectivity index (χ1v) is 3.33. The van der Waals surface area contributed by atoms with Crippen LogP contribution in [0.2, 0.25) is 0 Å². The standard InChI is InChI=1S/C5H7NS/c1-7-5-2-3-6-4-5/h2-4,6H,1H3. The fourth-order valence-electron chi connectivity index (χ4n) is 0.436. The number of hydrogen-bond acceptors (Lipinski definition) is 1. The Kier molecular flexibility index (Phi) is 1.42. The van der Waals surface area contributed by atoms with E-state index in [1.165, 1.54) is 4.90 Å². The molecule has 7 heavy (non-hydrogen) atoms. The predicted molar refractivity (Wildman–Crippen MR) is 32.6 cm³/mol. The van der Waals surface area contributed by atoms with Gasteiger partial charge in [0.2, 0.25) is 0 Å². The molecule has 1 N–H and O–H groups in total. The minimum atomic E-state index is 1.29. The van der Waals surface area contributed by atoms with Crippen LogP contribution in [0, 0.1) is 0 Å². The summed E-state index contributed by atoms with van der Waals surface area (Å²) in [6, 6.07) is 2.05. The highest BCUT2D eigenvalue weighted by Crippen LogP contribution is 2.10. The Morgan fingerprint density at radius 2 is 2.57 bits per heavy atom. The molecule has 0 amide bonds. The SMILES string of the molecule is CSc1cc[nH]c1. The summed E-state index contributed by atoms with van der Waals surface area (Å²) in [7, 11) is 0. The van der Waals surface area contributed by atoms with E-state index in [1.807, 2.05) is 18.5 Å². The molecule has 0 fully saturated rings. The van der Waals surface area contributed by atoms with E-state index in [2.05, 4.69) is 11.2 Å². The van der Waals surface area contributed by atoms with E-state index >= 15 is 0 Å². The minimum Gasteiger partial charge on any atom is -0.367 e. The Bertz CT molecular complexity index is 123. The lowest BCUT2D eigenvalue weighted by molar-refractivity contribution is 1.38. The molecule has 0 bridgehead atoms. The maximum atomic E-state index is 2.96. The van der Waals surface area contributed by atoms with Crippen molar-refractivity contribution in [2.24, 2.45) is 0 Å². The molecule has 0 aliphatic carbocycles. The van der Waals surface area contributed by atoms with Crippen molar-refractivity contribution >= 4 is 11.8 Å². The lowest BCUT2D eigenvalue weighted by Crippen LogP contribution is -1.52. The van der Waals surface area contributed by atoms with Gasteiger partial charge in [0.05, 0.1) is 0 Å². The summed E-state index contributed by atoms with van der Waals surface area (Å²) in [5.41, 5.74) is 0. The zero-order valence-corrected chi connectivity index (χ0v) is 4.96. The second kappa shape index (κ2) is 2.07. The zero-order valence-electron chi connectivity index (χ0n) is 4.14. The van der Waals surface area contributed by atoms with Gasteiger partial charge in [-0.3, -0.25) is 0 Å². The van der Waals surface area contributed by atoms with E-state index in [9.17, 15) is 0 Å². The summed E-state index contributed by atoms with van der Waals surface area (Å²) in [4.78, 5) is 4.25. The van der Waals surface area contributed by atoms with Crippen molar-refractivity contribution in [2.75, 3.05) is 6.26 Å². The van der Waals surface area contributed by atoms with Crippen LogP contribution in [0.4, 0.5) is 0 Å². The smallest absolute Gasteiger partial charge is 0.0244 e. The van der Waals surface area contributed by atoms with E-state index < -0.39 is 0 Å². The van der Waals surface area contributed by atoms with Gasteiger partial charge in [-0.1, -0.05) is 0 Å². The van der Waals surface area contributed by atoms with Crippen LogP contribution in [-0.4, -0.2) is 11.2 Å². The Labute approximate surface area is 47.1 Å². The first-order chi connectivity index (χ1) is 3.43. The van der Waals surface area contributed by atoms with Crippen LogP contribution in [0.1, 0.15) is 0 Å². The van der Waals surface area contributed by atoms with Crippen LogP contribution in [-0.2, 0) is 0 Å². The van der Waals surface area contributed by atoms with Gasteiger partial charge in [0, 0.05) is 17.3 Å². The molecule has 0 spiro atoms. The summed E-state index contributed by atoms with van der Waals surface area (Å²) < 4.78 is 0. The Hall–Kier alpha value is -0.370. The number of H-pyrrole nitrogens is 1. The Morgan fingerprint density at radius 3 is 2.86 bits per heavy atom.